The molecule has 0 saturated carbocycles. The zero-order valence-electron chi connectivity index (χ0n) is 37.7. The second kappa shape index (κ2) is 45.8. The summed E-state index contributed by atoms with van der Waals surface area (Å²) in [6.45, 7) is 6.63. The molecule has 0 aliphatic heterocycles. The molecule has 0 unspecified atom stereocenters. The maximum absolute atomic E-state index is 12.7. The van der Waals surface area contributed by atoms with E-state index in [0.717, 1.165) is 64.2 Å². The highest BCUT2D eigenvalue weighted by atomic mass is 16.6. The Bertz CT molecular complexity index is 870. The van der Waals surface area contributed by atoms with E-state index in [1.54, 1.807) is 0 Å². The first kappa shape index (κ1) is 54.2. The van der Waals surface area contributed by atoms with E-state index in [4.69, 9.17) is 14.2 Å². The smallest absolute Gasteiger partial charge is 0.306 e. The van der Waals surface area contributed by atoms with Crippen molar-refractivity contribution >= 4 is 17.9 Å². The first-order valence-electron chi connectivity index (χ1n) is 24.7. The first-order valence-corrected chi connectivity index (χ1v) is 24.7. The van der Waals surface area contributed by atoms with Crippen molar-refractivity contribution < 1.29 is 28.6 Å². The van der Waals surface area contributed by atoms with Gasteiger partial charge in [-0.05, 0) is 44.9 Å². The highest BCUT2D eigenvalue weighted by molar-refractivity contribution is 5.71. The van der Waals surface area contributed by atoms with Gasteiger partial charge in [-0.2, -0.15) is 0 Å². The third-order valence-corrected chi connectivity index (χ3v) is 11.0. The van der Waals surface area contributed by atoms with Gasteiger partial charge in [-0.1, -0.05) is 219 Å². The molecular formula is C50H94O6. The summed E-state index contributed by atoms with van der Waals surface area (Å²) in [5.41, 5.74) is 0. The Kier molecular flexibility index (Phi) is 44.3. The van der Waals surface area contributed by atoms with Crippen molar-refractivity contribution in [2.75, 3.05) is 13.2 Å². The number of carbonyl (C=O) groups is 3. The van der Waals surface area contributed by atoms with Gasteiger partial charge in [-0.3, -0.25) is 14.4 Å². The number of hydrogen-bond donors (Lipinski definition) is 0. The largest absolute Gasteiger partial charge is 0.462 e. The summed E-state index contributed by atoms with van der Waals surface area (Å²) < 4.78 is 16.7. The van der Waals surface area contributed by atoms with Crippen LogP contribution in [-0.4, -0.2) is 37.2 Å². The van der Waals surface area contributed by atoms with Crippen molar-refractivity contribution in [3.8, 4) is 0 Å². The lowest BCUT2D eigenvalue weighted by atomic mass is 10.0. The molecule has 1 atom stereocenters. The molecule has 0 saturated heterocycles. The number of rotatable bonds is 45. The van der Waals surface area contributed by atoms with Gasteiger partial charge in [-0.25, -0.2) is 0 Å². The molecule has 0 rings (SSSR count). The maximum Gasteiger partial charge on any atom is 0.306 e. The minimum Gasteiger partial charge on any atom is -0.462 e. The van der Waals surface area contributed by atoms with Crippen LogP contribution >= 0.6 is 0 Å². The topological polar surface area (TPSA) is 78.9 Å². The summed E-state index contributed by atoms with van der Waals surface area (Å²) in [4.78, 5) is 37.8. The van der Waals surface area contributed by atoms with Crippen LogP contribution in [0, 0.1) is 0 Å². The van der Waals surface area contributed by atoms with Crippen LogP contribution in [0.25, 0.3) is 0 Å². The van der Waals surface area contributed by atoms with Gasteiger partial charge < -0.3 is 14.2 Å². The number of ether oxygens (including phenoxy) is 3. The third kappa shape index (κ3) is 43.3. The summed E-state index contributed by atoms with van der Waals surface area (Å²) in [6.07, 6.45) is 49.0. The zero-order valence-corrected chi connectivity index (χ0v) is 37.7. The van der Waals surface area contributed by atoms with E-state index in [1.165, 1.54) is 167 Å². The van der Waals surface area contributed by atoms with Crippen molar-refractivity contribution in [2.24, 2.45) is 0 Å². The van der Waals surface area contributed by atoms with Crippen molar-refractivity contribution in [2.45, 2.75) is 277 Å². The Balaban J connectivity index is 4.32. The van der Waals surface area contributed by atoms with Gasteiger partial charge >= 0.3 is 17.9 Å². The number of allylic oxidation sites excluding steroid dienone is 2. The molecule has 0 aliphatic rings. The van der Waals surface area contributed by atoms with E-state index in [9.17, 15) is 14.4 Å². The van der Waals surface area contributed by atoms with Crippen LogP contribution in [0.1, 0.15) is 271 Å². The predicted molar refractivity (Wildman–Crippen MR) is 238 cm³/mol. The monoisotopic (exact) mass is 791 g/mol. The molecule has 0 bridgehead atoms. The molecule has 6 nitrogen and oxygen atoms in total. The van der Waals surface area contributed by atoms with Crippen LogP contribution in [0.3, 0.4) is 0 Å². The summed E-state index contributed by atoms with van der Waals surface area (Å²) in [5, 5.41) is 0. The molecule has 0 spiro atoms. The lowest BCUT2D eigenvalue weighted by Crippen LogP contribution is -2.30. The molecule has 0 radical (unpaired) electrons. The van der Waals surface area contributed by atoms with E-state index in [1.807, 2.05) is 0 Å². The fourth-order valence-corrected chi connectivity index (χ4v) is 7.26. The highest BCUT2D eigenvalue weighted by Crippen LogP contribution is 2.15. The second-order valence-electron chi connectivity index (χ2n) is 16.7. The molecule has 0 amide bonds. The van der Waals surface area contributed by atoms with Gasteiger partial charge in [0, 0.05) is 19.3 Å². The van der Waals surface area contributed by atoms with Crippen LogP contribution in [0.5, 0.6) is 0 Å². The van der Waals surface area contributed by atoms with Gasteiger partial charge in [0.25, 0.3) is 0 Å². The SMILES string of the molecule is CCCCCCCC/C=C\CCCCCCCC(=O)OC[C@@H](COC(=O)CCCCCCCCCCCC)OC(=O)CCCCCCCCCCCCCCC. The average molecular weight is 791 g/mol. The Hall–Kier alpha value is -1.85. The minimum atomic E-state index is -0.765. The van der Waals surface area contributed by atoms with Crippen molar-refractivity contribution in [3.05, 3.63) is 12.2 Å². The molecule has 56 heavy (non-hydrogen) atoms. The van der Waals surface area contributed by atoms with Gasteiger partial charge in [0.05, 0.1) is 0 Å². The van der Waals surface area contributed by atoms with Gasteiger partial charge in [0.1, 0.15) is 13.2 Å². The average Bonchev–Trinajstić information content (AvgIpc) is 3.19. The van der Waals surface area contributed by atoms with E-state index >= 15 is 0 Å². The Labute approximate surface area is 348 Å². The van der Waals surface area contributed by atoms with E-state index in [0.29, 0.717) is 19.3 Å². The van der Waals surface area contributed by atoms with Crippen LogP contribution in [-0.2, 0) is 28.6 Å². The van der Waals surface area contributed by atoms with Crippen LogP contribution in [0.15, 0.2) is 12.2 Å². The second-order valence-corrected chi connectivity index (χ2v) is 16.7. The fourth-order valence-electron chi connectivity index (χ4n) is 7.26. The molecule has 0 aromatic rings. The summed E-state index contributed by atoms with van der Waals surface area (Å²) in [5.74, 6) is -0.865. The molecule has 6 heteroatoms. The molecule has 0 aliphatic carbocycles. The Morgan fingerprint density at radius 2 is 0.589 bits per heavy atom. The fraction of sp³-hybridized carbons (Fsp3) is 0.900. The molecule has 0 aromatic carbocycles. The predicted octanol–water partition coefficient (Wildman–Crippen LogP) is 15.8. The van der Waals surface area contributed by atoms with Crippen molar-refractivity contribution in [3.63, 3.8) is 0 Å². The van der Waals surface area contributed by atoms with Crippen LogP contribution in [0.4, 0.5) is 0 Å². The van der Waals surface area contributed by atoms with E-state index in [-0.39, 0.29) is 31.1 Å². The molecule has 0 heterocycles. The van der Waals surface area contributed by atoms with Crippen LogP contribution < -0.4 is 0 Å². The summed E-state index contributed by atoms with van der Waals surface area (Å²) in [7, 11) is 0. The first-order chi connectivity index (χ1) is 27.5. The quantitative estimate of drug-likeness (QED) is 0.0264. The lowest BCUT2D eigenvalue weighted by molar-refractivity contribution is -0.167. The Morgan fingerprint density at radius 1 is 0.339 bits per heavy atom. The minimum absolute atomic E-state index is 0.0678. The molecule has 0 N–H and O–H groups in total. The molecular weight excluding hydrogens is 697 g/mol. The van der Waals surface area contributed by atoms with E-state index in [2.05, 4.69) is 32.9 Å². The Morgan fingerprint density at radius 3 is 0.893 bits per heavy atom. The van der Waals surface area contributed by atoms with Gasteiger partial charge in [0.15, 0.2) is 6.10 Å². The number of unbranched alkanes of at least 4 members (excludes halogenated alkanes) is 32. The van der Waals surface area contributed by atoms with Crippen LogP contribution in [0.2, 0.25) is 0 Å². The van der Waals surface area contributed by atoms with Crippen molar-refractivity contribution in [1.82, 2.24) is 0 Å². The molecule has 0 aromatic heterocycles. The van der Waals surface area contributed by atoms with Gasteiger partial charge in [-0.15, -0.1) is 0 Å². The standard InChI is InChI=1S/C50H94O6/c1-4-7-10-13-16-19-22-24-25-27-28-31-34-37-40-43-49(52)55-46-47(45-54-48(51)42-39-36-33-30-21-18-15-12-9-6-3)56-50(53)44-41-38-35-32-29-26-23-20-17-14-11-8-5-2/h24-25,47H,4-23,26-46H2,1-3H3/b25-24-/t47-/m1/s1. The zero-order chi connectivity index (χ0) is 40.8. The van der Waals surface area contributed by atoms with E-state index < -0.39 is 6.10 Å². The van der Waals surface area contributed by atoms with Crippen molar-refractivity contribution in [1.29, 1.82) is 0 Å². The number of hydrogen-bond acceptors (Lipinski definition) is 6. The summed E-state index contributed by atoms with van der Waals surface area (Å²) in [6, 6.07) is 0. The molecule has 330 valence electrons. The highest BCUT2D eigenvalue weighted by Gasteiger charge is 2.19. The summed E-state index contributed by atoms with van der Waals surface area (Å²) >= 11 is 0. The lowest BCUT2D eigenvalue weighted by Gasteiger charge is -2.18. The van der Waals surface area contributed by atoms with Gasteiger partial charge in [0.2, 0.25) is 0 Å². The third-order valence-electron chi connectivity index (χ3n) is 11.0. The number of carbonyl (C=O) groups excluding carboxylic acids is 3. The maximum atomic E-state index is 12.7. The number of esters is 3. The molecule has 0 fully saturated rings. The normalized spacial score (nSPS) is 12.0.